The number of carbonyl (C=O) groups is 1. The number of hydrogen-bond acceptors (Lipinski definition) is 3. The molecule has 0 radical (unpaired) electrons. The highest BCUT2D eigenvalue weighted by Gasteiger charge is 2.08. The first-order chi connectivity index (χ1) is 9.08. The molecule has 0 aliphatic carbocycles. The molecule has 19 heavy (non-hydrogen) atoms. The van der Waals surface area contributed by atoms with Gasteiger partial charge in [-0.1, -0.05) is 0 Å². The lowest BCUT2D eigenvalue weighted by atomic mass is 10.2. The number of phenolic OH excluding ortho intramolecular Hbond substituents is 1. The summed E-state index contributed by atoms with van der Waals surface area (Å²) in [4.78, 5) is 16.0. The third kappa shape index (κ3) is 3.35. The zero-order valence-corrected chi connectivity index (χ0v) is 12.0. The molecule has 1 amide bonds. The second-order valence-electron chi connectivity index (χ2n) is 4.13. The topological polar surface area (TPSA) is 67.2 Å². The van der Waals surface area contributed by atoms with Crippen molar-refractivity contribution in [3.63, 3.8) is 0 Å². The van der Waals surface area contributed by atoms with Crippen LogP contribution in [0.2, 0.25) is 0 Å². The van der Waals surface area contributed by atoms with E-state index in [1.165, 1.54) is 6.07 Å². The standard InChI is InChI=1S/C13H14BrN3O2/c1-17-7-6-15-12(17)4-5-16-13(19)9-2-3-10(14)11(18)8-9/h2-3,6-8,18H,4-5H2,1H3,(H,16,19). The average molecular weight is 324 g/mol. The highest BCUT2D eigenvalue weighted by molar-refractivity contribution is 9.10. The van der Waals surface area contributed by atoms with E-state index in [4.69, 9.17) is 0 Å². The maximum Gasteiger partial charge on any atom is 0.251 e. The Morgan fingerprint density at radius 2 is 2.32 bits per heavy atom. The molecule has 0 unspecified atom stereocenters. The monoisotopic (exact) mass is 323 g/mol. The van der Waals surface area contributed by atoms with Crippen LogP contribution in [-0.4, -0.2) is 27.1 Å². The number of nitrogens with one attached hydrogen (secondary N) is 1. The second kappa shape index (κ2) is 5.88. The molecule has 0 aliphatic heterocycles. The quantitative estimate of drug-likeness (QED) is 0.902. The van der Waals surface area contributed by atoms with Crippen molar-refractivity contribution in [2.45, 2.75) is 6.42 Å². The fourth-order valence-corrected chi connectivity index (χ4v) is 1.93. The van der Waals surface area contributed by atoms with Crippen molar-refractivity contribution < 1.29 is 9.90 Å². The molecule has 0 saturated heterocycles. The minimum atomic E-state index is -0.211. The molecule has 1 aromatic carbocycles. The summed E-state index contributed by atoms with van der Waals surface area (Å²) in [7, 11) is 1.91. The fraction of sp³-hybridized carbons (Fsp3) is 0.231. The third-order valence-electron chi connectivity index (χ3n) is 2.76. The van der Waals surface area contributed by atoms with Gasteiger partial charge in [-0.05, 0) is 34.1 Å². The van der Waals surface area contributed by atoms with E-state index < -0.39 is 0 Å². The Labute approximate surface area is 119 Å². The van der Waals surface area contributed by atoms with Gasteiger partial charge >= 0.3 is 0 Å². The van der Waals surface area contributed by atoms with E-state index in [0.29, 0.717) is 23.0 Å². The van der Waals surface area contributed by atoms with E-state index in [-0.39, 0.29) is 11.7 Å². The zero-order chi connectivity index (χ0) is 13.8. The number of carbonyl (C=O) groups excluding carboxylic acids is 1. The van der Waals surface area contributed by atoms with Crippen LogP contribution in [-0.2, 0) is 13.5 Å². The van der Waals surface area contributed by atoms with Crippen molar-refractivity contribution in [1.82, 2.24) is 14.9 Å². The molecule has 0 aliphatic rings. The lowest BCUT2D eigenvalue weighted by Crippen LogP contribution is -2.26. The predicted octanol–water partition coefficient (Wildman–Crippen LogP) is 1.86. The van der Waals surface area contributed by atoms with Gasteiger partial charge in [0.15, 0.2) is 0 Å². The van der Waals surface area contributed by atoms with Crippen molar-refractivity contribution in [2.24, 2.45) is 7.05 Å². The number of halogens is 1. The molecule has 6 heteroatoms. The van der Waals surface area contributed by atoms with Crippen LogP contribution in [0.1, 0.15) is 16.2 Å². The largest absolute Gasteiger partial charge is 0.507 e. The molecule has 0 fully saturated rings. The van der Waals surface area contributed by atoms with Crippen LogP contribution in [0.25, 0.3) is 0 Å². The van der Waals surface area contributed by atoms with Gasteiger partial charge in [0.05, 0.1) is 4.47 Å². The van der Waals surface area contributed by atoms with Crippen LogP contribution in [0, 0.1) is 0 Å². The van der Waals surface area contributed by atoms with Gasteiger partial charge in [0.1, 0.15) is 11.6 Å². The maximum atomic E-state index is 11.9. The van der Waals surface area contributed by atoms with Gasteiger partial charge in [0.25, 0.3) is 5.91 Å². The van der Waals surface area contributed by atoms with Crippen LogP contribution in [0.3, 0.4) is 0 Å². The van der Waals surface area contributed by atoms with Crippen molar-refractivity contribution in [3.8, 4) is 5.75 Å². The minimum Gasteiger partial charge on any atom is -0.507 e. The summed E-state index contributed by atoms with van der Waals surface area (Å²) in [5, 5.41) is 12.3. The summed E-state index contributed by atoms with van der Waals surface area (Å²) in [6.45, 7) is 0.501. The molecule has 2 aromatic rings. The first-order valence-electron chi connectivity index (χ1n) is 5.81. The summed E-state index contributed by atoms with van der Waals surface area (Å²) in [6, 6.07) is 4.73. The van der Waals surface area contributed by atoms with E-state index in [1.807, 2.05) is 17.8 Å². The number of rotatable bonds is 4. The Bertz CT molecular complexity index is 595. The number of amides is 1. The molecular formula is C13H14BrN3O2. The van der Waals surface area contributed by atoms with Crippen molar-refractivity contribution in [1.29, 1.82) is 0 Å². The van der Waals surface area contributed by atoms with Crippen LogP contribution in [0.4, 0.5) is 0 Å². The highest BCUT2D eigenvalue weighted by Crippen LogP contribution is 2.24. The van der Waals surface area contributed by atoms with Crippen molar-refractivity contribution >= 4 is 21.8 Å². The molecule has 1 aromatic heterocycles. The van der Waals surface area contributed by atoms with E-state index in [1.54, 1.807) is 18.3 Å². The predicted molar refractivity (Wildman–Crippen MR) is 75.1 cm³/mol. The van der Waals surface area contributed by atoms with Crippen LogP contribution in [0.5, 0.6) is 5.75 Å². The Morgan fingerprint density at radius 3 is 2.95 bits per heavy atom. The van der Waals surface area contributed by atoms with Crippen molar-refractivity contribution in [3.05, 3.63) is 46.5 Å². The molecule has 0 spiro atoms. The molecule has 0 atom stereocenters. The first-order valence-corrected chi connectivity index (χ1v) is 6.60. The smallest absolute Gasteiger partial charge is 0.251 e. The highest BCUT2D eigenvalue weighted by atomic mass is 79.9. The number of imidazole rings is 1. The van der Waals surface area contributed by atoms with Gasteiger partial charge < -0.3 is 15.0 Å². The Morgan fingerprint density at radius 1 is 1.53 bits per heavy atom. The van der Waals surface area contributed by atoms with Gasteiger partial charge in [-0.25, -0.2) is 4.98 Å². The summed E-state index contributed by atoms with van der Waals surface area (Å²) in [5.41, 5.74) is 0.431. The molecular weight excluding hydrogens is 310 g/mol. The number of phenols is 1. The Kier molecular flexibility index (Phi) is 4.21. The molecule has 5 nitrogen and oxygen atoms in total. The molecule has 2 N–H and O–H groups in total. The second-order valence-corrected chi connectivity index (χ2v) is 4.98. The zero-order valence-electron chi connectivity index (χ0n) is 10.4. The molecule has 1 heterocycles. The van der Waals surface area contributed by atoms with E-state index in [9.17, 15) is 9.90 Å². The fourth-order valence-electron chi connectivity index (χ4n) is 1.68. The maximum absolute atomic E-state index is 11.9. The normalized spacial score (nSPS) is 10.4. The summed E-state index contributed by atoms with van der Waals surface area (Å²) < 4.78 is 2.48. The molecule has 100 valence electrons. The Balaban J connectivity index is 1.91. The summed E-state index contributed by atoms with van der Waals surface area (Å²) in [6.07, 6.45) is 4.26. The van der Waals surface area contributed by atoms with Gasteiger partial charge in [-0.15, -0.1) is 0 Å². The summed E-state index contributed by atoms with van der Waals surface area (Å²) in [5.74, 6) is 0.757. The SMILES string of the molecule is Cn1ccnc1CCNC(=O)c1ccc(Br)c(O)c1. The number of hydrogen-bond donors (Lipinski definition) is 2. The van der Waals surface area contributed by atoms with Crippen LogP contribution >= 0.6 is 15.9 Å². The lowest BCUT2D eigenvalue weighted by molar-refractivity contribution is 0.0953. The summed E-state index contributed by atoms with van der Waals surface area (Å²) >= 11 is 3.17. The molecule has 2 rings (SSSR count). The van der Waals surface area contributed by atoms with E-state index >= 15 is 0 Å². The first kappa shape index (κ1) is 13.6. The van der Waals surface area contributed by atoms with Crippen LogP contribution in [0.15, 0.2) is 35.1 Å². The third-order valence-corrected chi connectivity index (χ3v) is 3.43. The van der Waals surface area contributed by atoms with Gasteiger partial charge in [-0.3, -0.25) is 4.79 Å². The minimum absolute atomic E-state index is 0.0525. The number of benzene rings is 1. The van der Waals surface area contributed by atoms with Crippen molar-refractivity contribution in [2.75, 3.05) is 6.54 Å². The molecule has 0 saturated carbocycles. The molecule has 0 bridgehead atoms. The Hall–Kier alpha value is -1.82. The van der Waals surface area contributed by atoms with Gasteiger partial charge in [0, 0.05) is 38.0 Å². The number of aromatic hydroxyl groups is 1. The van der Waals surface area contributed by atoms with Gasteiger partial charge in [-0.2, -0.15) is 0 Å². The number of aryl methyl sites for hydroxylation is 1. The van der Waals surface area contributed by atoms with E-state index in [0.717, 1.165) is 5.82 Å². The average Bonchev–Trinajstić information content (AvgIpc) is 2.78. The number of aromatic nitrogens is 2. The van der Waals surface area contributed by atoms with Gasteiger partial charge in [0.2, 0.25) is 0 Å². The van der Waals surface area contributed by atoms with Crippen LogP contribution < -0.4 is 5.32 Å². The lowest BCUT2D eigenvalue weighted by Gasteiger charge is -2.06. The number of nitrogens with zero attached hydrogens (tertiary/aromatic N) is 2. The van der Waals surface area contributed by atoms with E-state index in [2.05, 4.69) is 26.2 Å².